The van der Waals surface area contributed by atoms with E-state index in [2.05, 4.69) is 25.5 Å². The summed E-state index contributed by atoms with van der Waals surface area (Å²) >= 11 is 1.69. The van der Waals surface area contributed by atoms with E-state index in [4.69, 9.17) is 0 Å². The lowest BCUT2D eigenvalue weighted by molar-refractivity contribution is -0.121. The molecule has 6 nitrogen and oxygen atoms in total. The molecule has 2 aromatic rings. The Balaban J connectivity index is 1.48. The first-order valence-corrected chi connectivity index (χ1v) is 10.1. The maximum atomic E-state index is 12.6. The van der Waals surface area contributed by atoms with Gasteiger partial charge in [-0.2, -0.15) is 0 Å². The fraction of sp³-hybridized carbons (Fsp3) is 0.450. The molecule has 0 aliphatic carbocycles. The molecule has 1 aromatic carbocycles. The first kappa shape index (κ1) is 19.7. The number of nitrogens with one attached hydrogen (secondary N) is 1. The van der Waals surface area contributed by atoms with Crippen LogP contribution in [-0.4, -0.2) is 58.7 Å². The molecule has 1 aromatic heterocycles. The molecular formula is C20H26N4O2S. The maximum Gasteiger partial charge on any atom is 0.241 e. The summed E-state index contributed by atoms with van der Waals surface area (Å²) in [5.41, 5.74) is 2.49. The van der Waals surface area contributed by atoms with Gasteiger partial charge in [-0.3, -0.25) is 19.4 Å². The quantitative estimate of drug-likeness (QED) is 0.774. The summed E-state index contributed by atoms with van der Waals surface area (Å²) in [5.74, 6) is 0.000999. The second-order valence-electron chi connectivity index (χ2n) is 6.97. The first-order chi connectivity index (χ1) is 12.9. The van der Waals surface area contributed by atoms with Crippen molar-refractivity contribution in [2.75, 3.05) is 31.5 Å². The third-order valence-electron chi connectivity index (χ3n) is 4.95. The van der Waals surface area contributed by atoms with Crippen LogP contribution in [0.4, 0.5) is 5.69 Å². The van der Waals surface area contributed by atoms with Gasteiger partial charge in [0.15, 0.2) is 5.78 Å². The first-order valence-electron chi connectivity index (χ1n) is 9.21. The number of amides is 1. The summed E-state index contributed by atoms with van der Waals surface area (Å²) in [5, 5.41) is 6.17. The third kappa shape index (κ3) is 5.22. The van der Waals surface area contributed by atoms with E-state index in [9.17, 15) is 9.59 Å². The van der Waals surface area contributed by atoms with Crippen molar-refractivity contribution in [3.8, 4) is 0 Å². The molecule has 27 heavy (non-hydrogen) atoms. The predicted molar refractivity (Wildman–Crippen MR) is 108 cm³/mol. The van der Waals surface area contributed by atoms with Crippen molar-refractivity contribution < 1.29 is 9.59 Å². The number of aromatic nitrogens is 1. The monoisotopic (exact) mass is 386 g/mol. The van der Waals surface area contributed by atoms with Crippen LogP contribution in [0, 0.1) is 6.92 Å². The van der Waals surface area contributed by atoms with Crippen molar-refractivity contribution in [3.05, 3.63) is 45.9 Å². The summed E-state index contributed by atoms with van der Waals surface area (Å²) in [4.78, 5) is 33.0. The smallest absolute Gasteiger partial charge is 0.241 e. The van der Waals surface area contributed by atoms with Gasteiger partial charge in [-0.15, -0.1) is 11.3 Å². The van der Waals surface area contributed by atoms with Gasteiger partial charge in [0, 0.05) is 49.4 Å². The lowest BCUT2D eigenvalue weighted by atomic mass is 10.1. The molecule has 1 aliphatic rings. The van der Waals surface area contributed by atoms with E-state index in [1.165, 1.54) is 6.92 Å². The summed E-state index contributed by atoms with van der Waals surface area (Å²) in [6, 6.07) is 6.83. The topological polar surface area (TPSA) is 65.5 Å². The molecule has 7 heteroatoms. The Morgan fingerprint density at radius 2 is 1.85 bits per heavy atom. The third-order valence-corrected chi connectivity index (χ3v) is 5.77. The molecule has 144 valence electrons. The zero-order valence-corrected chi connectivity index (χ0v) is 16.9. The number of thiazole rings is 1. The van der Waals surface area contributed by atoms with Gasteiger partial charge < -0.3 is 5.32 Å². The van der Waals surface area contributed by atoms with Crippen LogP contribution < -0.4 is 5.32 Å². The largest absolute Gasteiger partial charge is 0.325 e. The molecule has 0 saturated carbocycles. The zero-order chi connectivity index (χ0) is 19.4. The Bertz CT molecular complexity index is 795. The van der Waals surface area contributed by atoms with E-state index < -0.39 is 0 Å². The van der Waals surface area contributed by atoms with Gasteiger partial charge in [0.1, 0.15) is 0 Å². The Morgan fingerprint density at radius 1 is 1.19 bits per heavy atom. The number of hydrogen-bond acceptors (Lipinski definition) is 6. The minimum Gasteiger partial charge on any atom is -0.325 e. The summed E-state index contributed by atoms with van der Waals surface area (Å²) in [6.45, 7) is 9.97. The fourth-order valence-electron chi connectivity index (χ4n) is 3.22. The van der Waals surface area contributed by atoms with E-state index >= 15 is 0 Å². The number of ketones is 1. The van der Waals surface area contributed by atoms with Crippen LogP contribution in [0.2, 0.25) is 0 Å². The number of hydrogen-bond donors (Lipinski definition) is 1. The van der Waals surface area contributed by atoms with Crippen LogP contribution >= 0.6 is 11.3 Å². The van der Waals surface area contributed by atoms with E-state index in [0.29, 0.717) is 5.56 Å². The Morgan fingerprint density at radius 3 is 2.41 bits per heavy atom. The molecule has 2 heterocycles. The second-order valence-corrected chi connectivity index (χ2v) is 8.03. The standard InChI is InChI=1S/C20H26N4O2S/c1-14(20(26)22-18-6-4-17(5-7-18)15(2)25)24-10-8-23(9-11-24)12-19-13-27-16(3)21-19/h4-7,13-14H,8-12H2,1-3H3,(H,22,26)/t14-/m1/s1. The molecule has 1 saturated heterocycles. The maximum absolute atomic E-state index is 12.6. The number of carbonyl (C=O) groups is 2. The molecular weight excluding hydrogens is 360 g/mol. The highest BCUT2D eigenvalue weighted by atomic mass is 32.1. The molecule has 3 rings (SSSR count). The Kier molecular flexibility index (Phi) is 6.36. The van der Waals surface area contributed by atoms with Gasteiger partial charge in [-0.1, -0.05) is 0 Å². The molecule has 0 bridgehead atoms. The minimum atomic E-state index is -0.193. The van der Waals surface area contributed by atoms with E-state index in [1.807, 2.05) is 13.8 Å². The predicted octanol–water partition coefficient (Wildman–Crippen LogP) is 2.80. The number of Topliss-reactive ketones (excluding diaryl/α,β-unsaturated/α-hetero) is 1. The summed E-state index contributed by atoms with van der Waals surface area (Å²) < 4.78 is 0. The Labute approximate surface area is 164 Å². The van der Waals surface area contributed by atoms with E-state index in [0.717, 1.165) is 49.1 Å². The van der Waals surface area contributed by atoms with Crippen molar-refractivity contribution in [1.29, 1.82) is 0 Å². The molecule has 0 spiro atoms. The van der Waals surface area contributed by atoms with Crippen molar-refractivity contribution in [2.24, 2.45) is 0 Å². The number of anilines is 1. The Hall–Kier alpha value is -2.09. The number of aryl methyl sites for hydroxylation is 1. The molecule has 1 fully saturated rings. The minimum absolute atomic E-state index is 0.0193. The average Bonchev–Trinajstić information content (AvgIpc) is 3.07. The van der Waals surface area contributed by atoms with Crippen LogP contribution in [-0.2, 0) is 11.3 Å². The van der Waals surface area contributed by atoms with Gasteiger partial charge in [-0.25, -0.2) is 4.98 Å². The van der Waals surface area contributed by atoms with Crippen LogP contribution in [0.5, 0.6) is 0 Å². The highest BCUT2D eigenvalue weighted by Crippen LogP contribution is 2.15. The van der Waals surface area contributed by atoms with Crippen LogP contribution in [0.25, 0.3) is 0 Å². The van der Waals surface area contributed by atoms with Crippen molar-refractivity contribution in [2.45, 2.75) is 33.4 Å². The average molecular weight is 387 g/mol. The molecule has 0 unspecified atom stereocenters. The van der Waals surface area contributed by atoms with E-state index in [1.54, 1.807) is 35.6 Å². The SMILES string of the molecule is CC(=O)c1ccc(NC(=O)[C@@H](C)N2CCN(Cc3csc(C)n3)CC2)cc1. The van der Waals surface area contributed by atoms with Gasteiger partial charge in [0.05, 0.1) is 16.7 Å². The number of nitrogens with zero attached hydrogens (tertiary/aromatic N) is 3. The fourth-order valence-corrected chi connectivity index (χ4v) is 3.82. The normalized spacial score (nSPS) is 16.9. The van der Waals surface area contributed by atoms with Gasteiger partial charge >= 0.3 is 0 Å². The van der Waals surface area contributed by atoms with Gasteiger partial charge in [0.25, 0.3) is 0 Å². The lowest BCUT2D eigenvalue weighted by Crippen LogP contribution is -2.52. The van der Waals surface area contributed by atoms with Crippen LogP contribution in [0.3, 0.4) is 0 Å². The second kappa shape index (κ2) is 8.73. The molecule has 1 N–H and O–H groups in total. The number of piperazine rings is 1. The van der Waals surface area contributed by atoms with Crippen molar-refractivity contribution in [1.82, 2.24) is 14.8 Å². The molecule has 1 aliphatic heterocycles. The number of carbonyl (C=O) groups excluding carboxylic acids is 2. The van der Waals surface area contributed by atoms with Gasteiger partial charge in [-0.05, 0) is 45.0 Å². The molecule has 1 amide bonds. The summed E-state index contributed by atoms with van der Waals surface area (Å²) in [6.07, 6.45) is 0. The van der Waals surface area contributed by atoms with Crippen molar-refractivity contribution in [3.63, 3.8) is 0 Å². The molecule has 0 radical (unpaired) electrons. The van der Waals surface area contributed by atoms with Crippen molar-refractivity contribution >= 4 is 28.7 Å². The highest BCUT2D eigenvalue weighted by molar-refractivity contribution is 7.09. The van der Waals surface area contributed by atoms with Crippen LogP contribution in [0.15, 0.2) is 29.6 Å². The number of rotatable bonds is 6. The van der Waals surface area contributed by atoms with E-state index in [-0.39, 0.29) is 17.7 Å². The zero-order valence-electron chi connectivity index (χ0n) is 16.1. The van der Waals surface area contributed by atoms with Crippen LogP contribution in [0.1, 0.15) is 34.9 Å². The molecule has 1 atom stereocenters. The highest BCUT2D eigenvalue weighted by Gasteiger charge is 2.25. The number of benzene rings is 1. The van der Waals surface area contributed by atoms with Gasteiger partial charge in [0.2, 0.25) is 5.91 Å². The summed E-state index contributed by atoms with van der Waals surface area (Å²) in [7, 11) is 0. The lowest BCUT2D eigenvalue weighted by Gasteiger charge is -2.37.